The number of hydrogen-bond donors (Lipinski definition) is 1. The zero-order chi connectivity index (χ0) is 12.4. The van der Waals surface area contributed by atoms with E-state index in [0.29, 0.717) is 13.2 Å². The lowest BCUT2D eigenvalue weighted by Crippen LogP contribution is -2.54. The average molecular weight is 242 g/mol. The van der Waals surface area contributed by atoms with Crippen molar-refractivity contribution in [3.63, 3.8) is 0 Å². The first-order chi connectivity index (χ1) is 8.11. The maximum atomic E-state index is 12.4. The molecular weight excluding hydrogens is 220 g/mol. The minimum atomic E-state index is -0.0901. The maximum Gasteiger partial charge on any atom is 0.240 e. The molecule has 1 N–H and O–H groups in total. The number of hydrogen-bond acceptors (Lipinski definition) is 4. The van der Waals surface area contributed by atoms with E-state index in [2.05, 4.69) is 5.32 Å². The number of nitrogens with zero attached hydrogens (tertiary/aromatic N) is 1. The van der Waals surface area contributed by atoms with Crippen molar-refractivity contribution < 1.29 is 14.3 Å². The Kier molecular flexibility index (Phi) is 4.01. The van der Waals surface area contributed by atoms with Gasteiger partial charge < -0.3 is 19.7 Å². The van der Waals surface area contributed by atoms with E-state index in [9.17, 15) is 4.79 Å². The molecule has 2 heterocycles. The summed E-state index contributed by atoms with van der Waals surface area (Å²) in [7, 11) is 1.69. The van der Waals surface area contributed by atoms with Crippen molar-refractivity contribution in [3.8, 4) is 0 Å². The molecule has 4 atom stereocenters. The number of methoxy groups -OCH3 is 1. The minimum absolute atomic E-state index is 0.0901. The summed E-state index contributed by atoms with van der Waals surface area (Å²) in [6.07, 6.45) is 1.07. The van der Waals surface area contributed by atoms with E-state index in [1.54, 1.807) is 7.11 Å². The van der Waals surface area contributed by atoms with Crippen LogP contribution in [0.5, 0.6) is 0 Å². The summed E-state index contributed by atoms with van der Waals surface area (Å²) >= 11 is 0. The van der Waals surface area contributed by atoms with Crippen LogP contribution in [0.15, 0.2) is 0 Å². The fraction of sp³-hybridized carbons (Fsp3) is 0.917. The fourth-order valence-electron chi connectivity index (χ4n) is 2.48. The van der Waals surface area contributed by atoms with Crippen molar-refractivity contribution in [1.82, 2.24) is 10.2 Å². The Morgan fingerprint density at radius 3 is 2.88 bits per heavy atom. The van der Waals surface area contributed by atoms with E-state index >= 15 is 0 Å². The molecule has 0 aromatic heterocycles. The van der Waals surface area contributed by atoms with Crippen molar-refractivity contribution in [3.05, 3.63) is 0 Å². The first kappa shape index (κ1) is 12.8. The van der Waals surface area contributed by atoms with Crippen LogP contribution in [0, 0.1) is 0 Å². The van der Waals surface area contributed by atoms with Gasteiger partial charge in [-0.3, -0.25) is 4.79 Å². The third kappa shape index (κ3) is 2.78. The van der Waals surface area contributed by atoms with E-state index in [1.807, 2.05) is 18.7 Å². The maximum absolute atomic E-state index is 12.4. The Morgan fingerprint density at radius 1 is 1.47 bits per heavy atom. The van der Waals surface area contributed by atoms with Gasteiger partial charge in [-0.1, -0.05) is 0 Å². The van der Waals surface area contributed by atoms with Gasteiger partial charge in [-0.05, 0) is 20.3 Å². The summed E-state index contributed by atoms with van der Waals surface area (Å²) in [5, 5.41) is 3.23. The molecule has 2 aliphatic heterocycles. The monoisotopic (exact) mass is 242 g/mol. The van der Waals surface area contributed by atoms with Crippen molar-refractivity contribution in [2.45, 2.75) is 44.6 Å². The highest BCUT2D eigenvalue weighted by Crippen LogP contribution is 2.17. The first-order valence-electron chi connectivity index (χ1n) is 6.30. The van der Waals surface area contributed by atoms with Gasteiger partial charge in [-0.2, -0.15) is 0 Å². The van der Waals surface area contributed by atoms with Gasteiger partial charge in [-0.25, -0.2) is 0 Å². The molecule has 0 saturated carbocycles. The second-order valence-electron chi connectivity index (χ2n) is 5.04. The molecule has 2 aliphatic rings. The molecule has 5 heteroatoms. The van der Waals surface area contributed by atoms with Crippen LogP contribution in [0.4, 0.5) is 0 Å². The lowest BCUT2D eigenvalue weighted by molar-refractivity contribution is -0.145. The number of rotatable bonds is 2. The van der Waals surface area contributed by atoms with Crippen LogP contribution in [0.3, 0.4) is 0 Å². The number of carbonyl (C=O) groups is 1. The number of carbonyl (C=O) groups excluding carboxylic acids is 1. The van der Waals surface area contributed by atoms with Gasteiger partial charge in [0.05, 0.1) is 30.9 Å². The highest BCUT2D eigenvalue weighted by Gasteiger charge is 2.36. The second-order valence-corrected chi connectivity index (χ2v) is 5.04. The van der Waals surface area contributed by atoms with E-state index in [1.165, 1.54) is 0 Å². The molecule has 2 rings (SSSR count). The van der Waals surface area contributed by atoms with Gasteiger partial charge >= 0.3 is 0 Å². The predicted octanol–water partition coefficient (Wildman–Crippen LogP) is -0.000900. The predicted molar refractivity (Wildman–Crippen MR) is 63.8 cm³/mol. The van der Waals surface area contributed by atoms with Crippen molar-refractivity contribution in [1.29, 1.82) is 0 Å². The quantitative estimate of drug-likeness (QED) is 0.740. The molecule has 0 aromatic carbocycles. The molecule has 2 saturated heterocycles. The Hall–Kier alpha value is -0.650. The molecule has 0 bridgehead atoms. The summed E-state index contributed by atoms with van der Waals surface area (Å²) < 4.78 is 10.8. The first-order valence-corrected chi connectivity index (χ1v) is 6.30. The van der Waals surface area contributed by atoms with Gasteiger partial charge in [0.2, 0.25) is 5.91 Å². The van der Waals surface area contributed by atoms with Gasteiger partial charge in [0.15, 0.2) is 0 Å². The number of ether oxygens (including phenoxy) is 2. The molecule has 2 fully saturated rings. The van der Waals surface area contributed by atoms with Crippen molar-refractivity contribution in [2.24, 2.45) is 0 Å². The lowest BCUT2D eigenvalue weighted by Gasteiger charge is -2.38. The van der Waals surface area contributed by atoms with Crippen LogP contribution in [-0.2, 0) is 14.3 Å². The smallest absolute Gasteiger partial charge is 0.240 e. The number of morpholine rings is 1. The van der Waals surface area contributed by atoms with Gasteiger partial charge in [0.25, 0.3) is 0 Å². The molecule has 0 spiro atoms. The molecule has 0 aromatic rings. The lowest BCUT2D eigenvalue weighted by atomic mass is 10.1. The Labute approximate surface area is 102 Å². The molecule has 5 nitrogen and oxygen atoms in total. The standard InChI is InChI=1S/C12H22N2O3/c1-8-7-17-9(2)6-14(8)12(15)11-4-10(16-3)5-13-11/h8-11,13H,4-7H2,1-3H3. The van der Waals surface area contributed by atoms with Gasteiger partial charge in [-0.15, -0.1) is 0 Å². The van der Waals surface area contributed by atoms with E-state index in [0.717, 1.165) is 13.0 Å². The molecule has 0 radical (unpaired) electrons. The summed E-state index contributed by atoms with van der Waals surface area (Å²) in [6, 6.07) is 0.0785. The van der Waals surface area contributed by atoms with Gasteiger partial charge in [0, 0.05) is 20.2 Å². The van der Waals surface area contributed by atoms with Crippen molar-refractivity contribution >= 4 is 5.91 Å². The normalized spacial score (nSPS) is 38.4. The minimum Gasteiger partial charge on any atom is -0.380 e. The Morgan fingerprint density at radius 2 is 2.24 bits per heavy atom. The third-order valence-electron chi connectivity index (χ3n) is 3.61. The number of nitrogens with one attached hydrogen (secondary N) is 1. The zero-order valence-electron chi connectivity index (χ0n) is 10.8. The number of amides is 1. The Bertz CT molecular complexity index is 285. The van der Waals surface area contributed by atoms with E-state index in [4.69, 9.17) is 9.47 Å². The second kappa shape index (κ2) is 5.33. The molecular formula is C12H22N2O3. The highest BCUT2D eigenvalue weighted by molar-refractivity contribution is 5.82. The molecule has 0 aliphatic carbocycles. The van der Waals surface area contributed by atoms with Crippen molar-refractivity contribution in [2.75, 3.05) is 26.8 Å². The summed E-state index contributed by atoms with van der Waals surface area (Å²) in [5.41, 5.74) is 0. The van der Waals surface area contributed by atoms with Crippen LogP contribution in [0.2, 0.25) is 0 Å². The Balaban J connectivity index is 1.94. The topological polar surface area (TPSA) is 50.8 Å². The van der Waals surface area contributed by atoms with E-state index < -0.39 is 0 Å². The summed E-state index contributed by atoms with van der Waals surface area (Å²) in [6.45, 7) is 6.13. The van der Waals surface area contributed by atoms with Gasteiger partial charge in [0.1, 0.15) is 0 Å². The molecule has 17 heavy (non-hydrogen) atoms. The largest absolute Gasteiger partial charge is 0.380 e. The molecule has 98 valence electrons. The highest BCUT2D eigenvalue weighted by atomic mass is 16.5. The summed E-state index contributed by atoms with van der Waals surface area (Å²) in [5.74, 6) is 0.187. The van der Waals surface area contributed by atoms with Crippen LogP contribution in [0.1, 0.15) is 20.3 Å². The SMILES string of the molecule is COC1CNC(C(=O)N2CC(C)OCC2C)C1. The zero-order valence-corrected chi connectivity index (χ0v) is 10.8. The molecule has 1 amide bonds. The summed E-state index contributed by atoms with van der Waals surface area (Å²) in [4.78, 5) is 14.3. The third-order valence-corrected chi connectivity index (χ3v) is 3.61. The average Bonchev–Trinajstić information content (AvgIpc) is 2.80. The van der Waals surface area contributed by atoms with Crippen LogP contribution in [-0.4, -0.2) is 61.9 Å². The fourth-order valence-corrected chi connectivity index (χ4v) is 2.48. The van der Waals surface area contributed by atoms with Crippen LogP contribution in [0.25, 0.3) is 0 Å². The van der Waals surface area contributed by atoms with Crippen LogP contribution >= 0.6 is 0 Å². The van der Waals surface area contributed by atoms with E-state index in [-0.39, 0.29) is 30.2 Å². The molecule has 4 unspecified atom stereocenters. The van der Waals surface area contributed by atoms with Crippen LogP contribution < -0.4 is 5.32 Å².